The van der Waals surface area contributed by atoms with Gasteiger partial charge >= 0.3 is 11.9 Å². The molecule has 6 nitrogen and oxygen atoms in total. The molecule has 0 fully saturated rings. The number of hydrogen-bond acceptors (Lipinski definition) is 4. The van der Waals surface area contributed by atoms with Crippen LogP contribution in [0.15, 0.2) is 12.1 Å². The second-order valence-corrected chi connectivity index (χ2v) is 9.05. The highest BCUT2D eigenvalue weighted by Crippen LogP contribution is 2.34. The number of carbonyl (C=O) groups is 2. The third-order valence-electron chi connectivity index (χ3n) is 5.77. The normalized spacial score (nSPS) is 11.5. The average Bonchev–Trinajstić information content (AvgIpc) is 3.35. The van der Waals surface area contributed by atoms with Crippen molar-refractivity contribution < 1.29 is 19.1 Å². The number of rotatable bonds is 11. The minimum absolute atomic E-state index is 0.0149. The first-order chi connectivity index (χ1) is 14.7. The summed E-state index contributed by atoms with van der Waals surface area (Å²) in [5.74, 6) is 0.397. The second-order valence-electron chi connectivity index (χ2n) is 9.05. The maximum atomic E-state index is 12.2. The summed E-state index contributed by atoms with van der Waals surface area (Å²) in [6, 6.07) is 3.84. The number of aromatic nitrogens is 2. The molecule has 0 bridgehead atoms. The monoisotopic (exact) mass is 430 g/mol. The molecule has 0 atom stereocenters. The predicted molar refractivity (Wildman–Crippen MR) is 123 cm³/mol. The zero-order valence-corrected chi connectivity index (χ0v) is 20.1. The van der Waals surface area contributed by atoms with Gasteiger partial charge in [0.2, 0.25) is 0 Å². The van der Waals surface area contributed by atoms with E-state index >= 15 is 0 Å². The highest BCUT2D eigenvalue weighted by molar-refractivity contribution is 5.88. The lowest BCUT2D eigenvalue weighted by molar-refractivity contribution is 0.0586. The maximum absolute atomic E-state index is 12.2. The first kappa shape index (κ1) is 24.8. The lowest BCUT2D eigenvalue weighted by atomic mass is 9.89. The molecule has 0 aliphatic carbocycles. The minimum Gasteiger partial charge on any atom is -0.464 e. The summed E-state index contributed by atoms with van der Waals surface area (Å²) in [6.45, 7) is 10.9. The van der Waals surface area contributed by atoms with Crippen LogP contribution in [0.3, 0.4) is 0 Å². The van der Waals surface area contributed by atoms with Crippen LogP contribution in [-0.4, -0.2) is 36.1 Å². The molecule has 0 amide bonds. The SMILES string of the molecule is CCC(c1[nH]c(C(=O)OC)cc1CCC(C)C)c1[nH]c(C(=O)OC)cc1CCC(C)C. The van der Waals surface area contributed by atoms with Gasteiger partial charge in [-0.2, -0.15) is 0 Å². The van der Waals surface area contributed by atoms with Crippen LogP contribution >= 0.6 is 0 Å². The van der Waals surface area contributed by atoms with Gasteiger partial charge in [-0.05, 0) is 67.2 Å². The molecule has 6 heteroatoms. The fourth-order valence-corrected chi connectivity index (χ4v) is 3.94. The Morgan fingerprint density at radius 1 is 0.806 bits per heavy atom. The van der Waals surface area contributed by atoms with Gasteiger partial charge in [0.05, 0.1) is 14.2 Å². The summed E-state index contributed by atoms with van der Waals surface area (Å²) in [5, 5.41) is 0. The molecule has 172 valence electrons. The van der Waals surface area contributed by atoms with E-state index in [2.05, 4.69) is 44.6 Å². The van der Waals surface area contributed by atoms with Crippen molar-refractivity contribution in [3.8, 4) is 0 Å². The first-order valence-electron chi connectivity index (χ1n) is 11.3. The van der Waals surface area contributed by atoms with Gasteiger partial charge in [-0.1, -0.05) is 34.6 Å². The van der Waals surface area contributed by atoms with Crippen molar-refractivity contribution in [3.05, 3.63) is 46.0 Å². The van der Waals surface area contributed by atoms with E-state index in [9.17, 15) is 9.59 Å². The van der Waals surface area contributed by atoms with E-state index in [1.807, 2.05) is 12.1 Å². The predicted octanol–water partition coefficient (Wildman–Crippen LogP) is 5.64. The molecule has 0 unspecified atom stereocenters. The molecule has 0 radical (unpaired) electrons. The number of aryl methyl sites for hydroxylation is 2. The van der Waals surface area contributed by atoms with Crippen LogP contribution < -0.4 is 0 Å². The lowest BCUT2D eigenvalue weighted by Crippen LogP contribution is -2.09. The topological polar surface area (TPSA) is 84.2 Å². The number of methoxy groups -OCH3 is 2. The van der Waals surface area contributed by atoms with E-state index in [-0.39, 0.29) is 17.9 Å². The molecule has 0 spiro atoms. The van der Waals surface area contributed by atoms with Crippen molar-refractivity contribution in [2.45, 2.75) is 72.6 Å². The zero-order valence-electron chi connectivity index (χ0n) is 20.1. The minimum atomic E-state index is -0.367. The Kier molecular flexibility index (Phi) is 8.96. The Hall–Kier alpha value is -2.50. The second kappa shape index (κ2) is 11.2. The number of carbonyl (C=O) groups excluding carboxylic acids is 2. The van der Waals surface area contributed by atoms with Crippen molar-refractivity contribution in [3.63, 3.8) is 0 Å². The zero-order chi connectivity index (χ0) is 23.1. The molecule has 2 aromatic heterocycles. The summed E-state index contributed by atoms with van der Waals surface area (Å²) >= 11 is 0. The average molecular weight is 431 g/mol. The van der Waals surface area contributed by atoms with Crippen LogP contribution in [0.5, 0.6) is 0 Å². The van der Waals surface area contributed by atoms with Gasteiger partial charge in [0.25, 0.3) is 0 Å². The molecule has 31 heavy (non-hydrogen) atoms. The lowest BCUT2D eigenvalue weighted by Gasteiger charge is -2.18. The number of ether oxygens (including phenoxy) is 2. The maximum Gasteiger partial charge on any atom is 0.354 e. The summed E-state index contributed by atoms with van der Waals surface area (Å²) in [5.41, 5.74) is 5.24. The summed E-state index contributed by atoms with van der Waals surface area (Å²) in [6.07, 6.45) is 4.64. The number of nitrogens with one attached hydrogen (secondary N) is 2. The van der Waals surface area contributed by atoms with E-state index in [1.165, 1.54) is 14.2 Å². The Morgan fingerprint density at radius 3 is 1.48 bits per heavy atom. The Bertz CT molecular complexity index is 806. The molecule has 0 aliphatic rings. The third-order valence-corrected chi connectivity index (χ3v) is 5.77. The van der Waals surface area contributed by atoms with E-state index in [0.29, 0.717) is 23.2 Å². The molecule has 2 rings (SSSR count). The highest BCUT2D eigenvalue weighted by atomic mass is 16.5. The Morgan fingerprint density at radius 2 is 1.19 bits per heavy atom. The van der Waals surface area contributed by atoms with Crippen molar-refractivity contribution in [1.29, 1.82) is 0 Å². The summed E-state index contributed by atoms with van der Waals surface area (Å²) in [4.78, 5) is 31.1. The molecule has 0 saturated carbocycles. The number of esters is 2. The number of H-pyrrole nitrogens is 2. The van der Waals surface area contributed by atoms with Crippen LogP contribution in [0.4, 0.5) is 0 Å². The molecule has 0 aromatic carbocycles. The standard InChI is InChI=1S/C25H38N2O4/c1-8-19(22-17(11-9-15(2)3)13-20(26-22)24(28)30-6)23-18(12-10-16(4)5)14-21(27-23)25(29)31-7/h13-16,19,26-27H,8-12H2,1-7H3. The van der Waals surface area contributed by atoms with Crippen LogP contribution in [0.1, 0.15) is 103 Å². The molecule has 2 heterocycles. The van der Waals surface area contributed by atoms with Crippen LogP contribution in [0.25, 0.3) is 0 Å². The van der Waals surface area contributed by atoms with E-state index in [1.54, 1.807) is 0 Å². The molecule has 2 N–H and O–H groups in total. The van der Waals surface area contributed by atoms with Gasteiger partial charge in [0.1, 0.15) is 11.4 Å². The molecule has 0 aliphatic heterocycles. The summed E-state index contributed by atoms with van der Waals surface area (Å²) in [7, 11) is 2.79. The van der Waals surface area contributed by atoms with E-state index in [0.717, 1.165) is 54.6 Å². The quantitative estimate of drug-likeness (QED) is 0.452. The van der Waals surface area contributed by atoms with E-state index in [4.69, 9.17) is 9.47 Å². The third kappa shape index (κ3) is 6.25. The van der Waals surface area contributed by atoms with Gasteiger partial charge in [-0.25, -0.2) is 9.59 Å². The fraction of sp³-hybridized carbons (Fsp3) is 0.600. The van der Waals surface area contributed by atoms with Gasteiger partial charge in [0, 0.05) is 17.3 Å². The smallest absolute Gasteiger partial charge is 0.354 e. The Balaban J connectivity index is 2.54. The number of hydrogen-bond donors (Lipinski definition) is 2. The Labute approximate surface area is 186 Å². The number of aromatic amines is 2. The fourth-order valence-electron chi connectivity index (χ4n) is 3.94. The van der Waals surface area contributed by atoms with Crippen LogP contribution in [0, 0.1) is 11.8 Å². The molecule has 2 aromatic rings. The van der Waals surface area contributed by atoms with E-state index < -0.39 is 0 Å². The molecule has 0 saturated heterocycles. The first-order valence-corrected chi connectivity index (χ1v) is 11.3. The van der Waals surface area contributed by atoms with Crippen molar-refractivity contribution in [2.75, 3.05) is 14.2 Å². The van der Waals surface area contributed by atoms with Gasteiger partial charge in [-0.3, -0.25) is 0 Å². The van der Waals surface area contributed by atoms with Crippen molar-refractivity contribution in [2.24, 2.45) is 11.8 Å². The molecular formula is C25H38N2O4. The highest BCUT2D eigenvalue weighted by Gasteiger charge is 2.26. The van der Waals surface area contributed by atoms with Gasteiger partial charge in [-0.15, -0.1) is 0 Å². The largest absolute Gasteiger partial charge is 0.464 e. The van der Waals surface area contributed by atoms with Gasteiger partial charge < -0.3 is 19.4 Å². The van der Waals surface area contributed by atoms with Crippen molar-refractivity contribution in [1.82, 2.24) is 9.97 Å². The van der Waals surface area contributed by atoms with Crippen molar-refractivity contribution >= 4 is 11.9 Å². The van der Waals surface area contributed by atoms with Crippen LogP contribution in [-0.2, 0) is 22.3 Å². The summed E-state index contributed by atoms with van der Waals surface area (Å²) < 4.78 is 9.90. The van der Waals surface area contributed by atoms with Crippen LogP contribution in [0.2, 0.25) is 0 Å². The molecular weight excluding hydrogens is 392 g/mol. The van der Waals surface area contributed by atoms with Gasteiger partial charge in [0.15, 0.2) is 0 Å².